The van der Waals surface area contributed by atoms with Crippen molar-refractivity contribution in [1.29, 1.82) is 0 Å². The third-order valence-corrected chi connectivity index (χ3v) is 4.55. The van der Waals surface area contributed by atoms with E-state index in [2.05, 4.69) is 0 Å². The van der Waals surface area contributed by atoms with Gasteiger partial charge in [0.15, 0.2) is 0 Å². The van der Waals surface area contributed by atoms with Crippen LogP contribution in [-0.2, 0) is 0 Å². The quantitative estimate of drug-likeness (QED) is 0.909. The molecule has 1 aliphatic rings. The molecule has 0 aliphatic carbocycles. The van der Waals surface area contributed by atoms with Crippen molar-refractivity contribution >= 4 is 11.9 Å². The maximum absolute atomic E-state index is 12.6. The average Bonchev–Trinajstić information content (AvgIpc) is 3.06. The first kappa shape index (κ1) is 16.1. The third-order valence-electron chi connectivity index (χ3n) is 4.55. The van der Waals surface area contributed by atoms with Gasteiger partial charge in [-0.25, -0.2) is 4.79 Å². The van der Waals surface area contributed by atoms with Crippen LogP contribution in [0.3, 0.4) is 0 Å². The normalized spacial score (nSPS) is 17.0. The van der Waals surface area contributed by atoms with E-state index >= 15 is 0 Å². The van der Waals surface area contributed by atoms with E-state index in [1.165, 1.54) is 6.07 Å². The number of phenolic OH excluding ortho intramolecular Hbond substituents is 1. The van der Waals surface area contributed by atoms with E-state index in [-0.39, 0.29) is 17.6 Å². The van der Waals surface area contributed by atoms with E-state index < -0.39 is 5.97 Å². The van der Waals surface area contributed by atoms with Crippen molar-refractivity contribution in [1.82, 2.24) is 4.90 Å². The molecule has 0 unspecified atom stereocenters. The van der Waals surface area contributed by atoms with Crippen LogP contribution in [-0.4, -0.2) is 40.1 Å². The number of carbonyl (C=O) groups is 2. The van der Waals surface area contributed by atoms with Crippen LogP contribution in [0.4, 0.5) is 0 Å². The standard InChI is InChI=1S/C19H19NO4/c1-12-10-13(6-7-17(12)21)18(22)20-9-8-14(11-20)15-4-2-3-5-16(15)19(23)24/h2-7,10,14,21H,8-9,11H2,1H3,(H,23,24)/t14-/m0/s1. The van der Waals surface area contributed by atoms with Crippen LogP contribution >= 0.6 is 0 Å². The Kier molecular flexibility index (Phi) is 4.25. The lowest BCUT2D eigenvalue weighted by atomic mass is 9.93. The van der Waals surface area contributed by atoms with Gasteiger partial charge in [0.05, 0.1) is 5.56 Å². The van der Waals surface area contributed by atoms with Crippen LogP contribution in [0.25, 0.3) is 0 Å². The molecule has 24 heavy (non-hydrogen) atoms. The summed E-state index contributed by atoms with van der Waals surface area (Å²) in [5.41, 5.74) is 2.28. The van der Waals surface area contributed by atoms with Crippen molar-refractivity contribution in [3.05, 3.63) is 64.7 Å². The van der Waals surface area contributed by atoms with Gasteiger partial charge >= 0.3 is 5.97 Å². The van der Waals surface area contributed by atoms with Crippen LogP contribution in [0.15, 0.2) is 42.5 Å². The first-order valence-electron chi connectivity index (χ1n) is 7.88. The highest BCUT2D eigenvalue weighted by atomic mass is 16.4. The number of phenols is 1. The van der Waals surface area contributed by atoms with E-state index in [4.69, 9.17) is 0 Å². The van der Waals surface area contributed by atoms with Gasteiger partial charge in [-0.15, -0.1) is 0 Å². The molecule has 1 atom stereocenters. The molecule has 124 valence electrons. The van der Waals surface area contributed by atoms with Gasteiger partial charge < -0.3 is 15.1 Å². The first-order chi connectivity index (χ1) is 11.5. The molecular formula is C19H19NO4. The topological polar surface area (TPSA) is 77.8 Å². The van der Waals surface area contributed by atoms with Gasteiger partial charge in [0, 0.05) is 24.6 Å². The fraction of sp³-hybridized carbons (Fsp3) is 0.263. The summed E-state index contributed by atoms with van der Waals surface area (Å²) in [5.74, 6) is -0.835. The molecular weight excluding hydrogens is 306 g/mol. The molecule has 1 saturated heterocycles. The minimum atomic E-state index is -0.940. The Labute approximate surface area is 140 Å². The van der Waals surface area contributed by atoms with E-state index in [0.29, 0.717) is 29.8 Å². The average molecular weight is 325 g/mol. The number of carboxylic acid groups (broad SMARTS) is 1. The molecule has 5 nitrogen and oxygen atoms in total. The zero-order valence-electron chi connectivity index (χ0n) is 13.4. The van der Waals surface area contributed by atoms with Crippen LogP contribution in [0, 0.1) is 6.92 Å². The Hall–Kier alpha value is -2.82. The molecule has 1 heterocycles. The fourth-order valence-electron chi connectivity index (χ4n) is 3.22. The lowest BCUT2D eigenvalue weighted by Gasteiger charge is -2.18. The smallest absolute Gasteiger partial charge is 0.335 e. The highest BCUT2D eigenvalue weighted by molar-refractivity contribution is 5.95. The second-order valence-electron chi connectivity index (χ2n) is 6.13. The van der Waals surface area contributed by atoms with E-state index in [1.807, 2.05) is 12.1 Å². The Morgan fingerprint density at radius 2 is 1.92 bits per heavy atom. The summed E-state index contributed by atoms with van der Waals surface area (Å²) >= 11 is 0. The SMILES string of the molecule is Cc1cc(C(=O)N2CC[C@H](c3ccccc3C(=O)O)C2)ccc1O. The number of aromatic carboxylic acids is 1. The number of amides is 1. The number of carboxylic acids is 1. The maximum Gasteiger partial charge on any atom is 0.335 e. The summed E-state index contributed by atoms with van der Waals surface area (Å²) in [5, 5.41) is 18.9. The van der Waals surface area contributed by atoms with Gasteiger partial charge in [-0.1, -0.05) is 18.2 Å². The van der Waals surface area contributed by atoms with Crippen LogP contribution in [0.1, 0.15) is 44.2 Å². The zero-order chi connectivity index (χ0) is 17.3. The number of aryl methyl sites for hydroxylation is 1. The molecule has 0 aromatic heterocycles. The van der Waals surface area contributed by atoms with Crippen molar-refractivity contribution in [2.45, 2.75) is 19.3 Å². The summed E-state index contributed by atoms with van der Waals surface area (Å²) in [7, 11) is 0. The van der Waals surface area contributed by atoms with Gasteiger partial charge in [0.1, 0.15) is 5.75 Å². The predicted molar refractivity (Wildman–Crippen MR) is 89.5 cm³/mol. The molecule has 5 heteroatoms. The van der Waals surface area contributed by atoms with E-state index in [0.717, 1.165) is 12.0 Å². The summed E-state index contributed by atoms with van der Waals surface area (Å²) in [6, 6.07) is 11.8. The van der Waals surface area contributed by atoms with Gasteiger partial charge in [0.25, 0.3) is 5.91 Å². The Bertz CT molecular complexity index is 800. The molecule has 1 fully saturated rings. The number of nitrogens with zero attached hydrogens (tertiary/aromatic N) is 1. The monoisotopic (exact) mass is 325 g/mol. The van der Waals surface area contributed by atoms with Crippen molar-refractivity contribution < 1.29 is 19.8 Å². The van der Waals surface area contributed by atoms with Crippen molar-refractivity contribution in [2.75, 3.05) is 13.1 Å². The molecule has 0 saturated carbocycles. The Balaban J connectivity index is 1.79. The first-order valence-corrected chi connectivity index (χ1v) is 7.88. The molecule has 1 aliphatic heterocycles. The van der Waals surface area contributed by atoms with E-state index in [1.54, 1.807) is 36.1 Å². The van der Waals surface area contributed by atoms with Gasteiger partial charge in [0.2, 0.25) is 0 Å². The maximum atomic E-state index is 12.6. The molecule has 2 aromatic carbocycles. The molecule has 1 amide bonds. The molecule has 3 rings (SSSR count). The number of benzene rings is 2. The minimum absolute atomic E-state index is 0.0273. The summed E-state index contributed by atoms with van der Waals surface area (Å²) in [6.07, 6.45) is 0.743. The predicted octanol–water partition coefficient (Wildman–Crippen LogP) is 3.03. The minimum Gasteiger partial charge on any atom is -0.508 e. The number of hydrogen-bond acceptors (Lipinski definition) is 3. The highest BCUT2D eigenvalue weighted by Crippen LogP contribution is 2.31. The molecule has 2 aromatic rings. The summed E-state index contributed by atoms with van der Waals surface area (Å²) in [6.45, 7) is 2.85. The zero-order valence-corrected chi connectivity index (χ0v) is 13.4. The molecule has 0 spiro atoms. The molecule has 0 radical (unpaired) electrons. The molecule has 0 bridgehead atoms. The number of rotatable bonds is 3. The number of aromatic hydroxyl groups is 1. The Morgan fingerprint density at radius 3 is 2.62 bits per heavy atom. The van der Waals surface area contributed by atoms with E-state index in [9.17, 15) is 19.8 Å². The lowest BCUT2D eigenvalue weighted by molar-refractivity contribution is 0.0695. The van der Waals surface area contributed by atoms with Crippen molar-refractivity contribution in [2.24, 2.45) is 0 Å². The number of carbonyl (C=O) groups excluding carboxylic acids is 1. The largest absolute Gasteiger partial charge is 0.508 e. The van der Waals surface area contributed by atoms with Crippen LogP contribution < -0.4 is 0 Å². The lowest BCUT2D eigenvalue weighted by Crippen LogP contribution is -2.28. The molecule has 2 N–H and O–H groups in total. The summed E-state index contributed by atoms with van der Waals surface area (Å²) < 4.78 is 0. The van der Waals surface area contributed by atoms with Crippen LogP contribution in [0.2, 0.25) is 0 Å². The van der Waals surface area contributed by atoms with Crippen molar-refractivity contribution in [3.8, 4) is 5.75 Å². The number of likely N-dealkylation sites (tertiary alicyclic amines) is 1. The number of hydrogen-bond donors (Lipinski definition) is 2. The van der Waals surface area contributed by atoms with Crippen molar-refractivity contribution in [3.63, 3.8) is 0 Å². The Morgan fingerprint density at radius 1 is 1.17 bits per heavy atom. The second kappa shape index (κ2) is 6.35. The summed E-state index contributed by atoms with van der Waals surface area (Å²) in [4.78, 5) is 25.8. The van der Waals surface area contributed by atoms with Gasteiger partial charge in [-0.3, -0.25) is 4.79 Å². The third kappa shape index (κ3) is 2.97. The van der Waals surface area contributed by atoms with Gasteiger partial charge in [-0.05, 0) is 48.7 Å². The highest BCUT2D eigenvalue weighted by Gasteiger charge is 2.30. The fourth-order valence-corrected chi connectivity index (χ4v) is 3.22. The second-order valence-corrected chi connectivity index (χ2v) is 6.13. The van der Waals surface area contributed by atoms with Crippen LogP contribution in [0.5, 0.6) is 5.75 Å². The van der Waals surface area contributed by atoms with Gasteiger partial charge in [-0.2, -0.15) is 0 Å².